The standard InChI is InChI=1S/C16H28ClFNO2Si/c1-7-20-13-9-8-11(17)15(18)14(13)12(19)10-21-22(5,6)16(2,3)4/h9,12H,7-8,10,19H2,1-6H3. The van der Waals surface area contributed by atoms with E-state index in [1.165, 1.54) is 0 Å². The van der Waals surface area contributed by atoms with Crippen molar-refractivity contribution < 1.29 is 13.6 Å². The average Bonchev–Trinajstić information content (AvgIpc) is 2.40. The molecule has 0 bridgehead atoms. The van der Waals surface area contributed by atoms with Crippen LogP contribution in [0.25, 0.3) is 0 Å². The molecular formula is C16H28ClFNO2Si. The van der Waals surface area contributed by atoms with Gasteiger partial charge in [0.1, 0.15) is 11.6 Å². The normalized spacial score (nSPS) is 18.8. The Morgan fingerprint density at radius 1 is 1.41 bits per heavy atom. The molecule has 0 saturated heterocycles. The lowest BCUT2D eigenvalue weighted by molar-refractivity contribution is 0.220. The second-order valence-corrected chi connectivity index (χ2v) is 12.3. The zero-order chi connectivity index (χ0) is 17.1. The highest BCUT2D eigenvalue weighted by atomic mass is 35.5. The Kier molecular flexibility index (Phi) is 6.68. The van der Waals surface area contributed by atoms with Crippen molar-refractivity contribution in [2.75, 3.05) is 13.2 Å². The van der Waals surface area contributed by atoms with E-state index in [1.807, 2.05) is 6.92 Å². The molecule has 2 N–H and O–H groups in total. The van der Waals surface area contributed by atoms with Crippen LogP contribution in [0.2, 0.25) is 18.1 Å². The van der Waals surface area contributed by atoms with Gasteiger partial charge in [-0.3, -0.25) is 0 Å². The van der Waals surface area contributed by atoms with Crippen molar-refractivity contribution in [3.05, 3.63) is 28.6 Å². The minimum atomic E-state index is -1.94. The maximum Gasteiger partial charge on any atom is 0.192 e. The first-order valence-corrected chi connectivity index (χ1v) is 10.9. The summed E-state index contributed by atoms with van der Waals surface area (Å²) in [5, 5.41) is 0.246. The van der Waals surface area contributed by atoms with Gasteiger partial charge in [-0.05, 0) is 31.5 Å². The first-order chi connectivity index (χ1) is 10.0. The highest BCUT2D eigenvalue weighted by Crippen LogP contribution is 2.38. The van der Waals surface area contributed by atoms with Crippen LogP contribution < -0.4 is 5.73 Å². The van der Waals surface area contributed by atoms with Crippen LogP contribution >= 0.6 is 11.6 Å². The molecule has 3 nitrogen and oxygen atoms in total. The minimum Gasteiger partial charge on any atom is -0.497 e. The maximum atomic E-state index is 14.4. The van der Waals surface area contributed by atoms with Gasteiger partial charge in [0.25, 0.3) is 0 Å². The van der Waals surface area contributed by atoms with E-state index in [1.54, 1.807) is 6.42 Å². The zero-order valence-corrected chi connectivity index (χ0v) is 16.2. The second kappa shape index (κ2) is 7.47. The van der Waals surface area contributed by atoms with E-state index in [0.717, 1.165) is 0 Å². The van der Waals surface area contributed by atoms with E-state index in [4.69, 9.17) is 26.5 Å². The SMILES string of the molecule is CCOC1=C(C(N)CO[Si](C)(C)C(C)(C)C)C(F)=C(Cl)C[CH]1. The molecule has 0 amide bonds. The van der Waals surface area contributed by atoms with Crippen LogP contribution in [0.3, 0.4) is 0 Å². The van der Waals surface area contributed by atoms with Gasteiger partial charge < -0.3 is 14.9 Å². The second-order valence-electron chi connectivity index (χ2n) is 7.02. The fraction of sp³-hybridized carbons (Fsp3) is 0.688. The van der Waals surface area contributed by atoms with Gasteiger partial charge in [-0.2, -0.15) is 0 Å². The number of hydrogen-bond donors (Lipinski definition) is 1. The molecule has 22 heavy (non-hydrogen) atoms. The molecule has 0 saturated carbocycles. The molecule has 6 heteroatoms. The summed E-state index contributed by atoms with van der Waals surface area (Å²) >= 11 is 5.93. The fourth-order valence-electron chi connectivity index (χ4n) is 1.87. The minimum absolute atomic E-state index is 0.0779. The smallest absolute Gasteiger partial charge is 0.192 e. The van der Waals surface area contributed by atoms with E-state index >= 15 is 0 Å². The van der Waals surface area contributed by atoms with Crippen LogP contribution in [0.5, 0.6) is 0 Å². The van der Waals surface area contributed by atoms with E-state index < -0.39 is 20.2 Å². The summed E-state index contributed by atoms with van der Waals surface area (Å²) in [6, 6.07) is -0.596. The number of halogens is 2. The molecular weight excluding hydrogens is 321 g/mol. The lowest BCUT2D eigenvalue weighted by Crippen LogP contribution is -2.44. The molecule has 0 aromatic heterocycles. The fourth-order valence-corrected chi connectivity index (χ4v) is 3.08. The van der Waals surface area contributed by atoms with Crippen molar-refractivity contribution in [1.82, 2.24) is 0 Å². The van der Waals surface area contributed by atoms with Crippen LogP contribution in [-0.4, -0.2) is 27.6 Å². The molecule has 0 heterocycles. The van der Waals surface area contributed by atoms with Crippen LogP contribution in [0.1, 0.15) is 34.1 Å². The van der Waals surface area contributed by atoms with Crippen LogP contribution in [0.15, 0.2) is 22.2 Å². The number of nitrogens with two attached hydrogens (primary N) is 1. The molecule has 1 unspecified atom stereocenters. The van der Waals surface area contributed by atoms with Gasteiger partial charge in [0, 0.05) is 12.0 Å². The third-order valence-corrected chi connectivity index (χ3v) is 9.13. The maximum absolute atomic E-state index is 14.4. The summed E-state index contributed by atoms with van der Waals surface area (Å²) in [5.74, 6) is 0.00896. The summed E-state index contributed by atoms with van der Waals surface area (Å²) < 4.78 is 26.0. The Balaban J connectivity index is 2.92. The molecule has 1 aliphatic carbocycles. The Morgan fingerprint density at radius 2 is 2.00 bits per heavy atom. The van der Waals surface area contributed by atoms with E-state index in [-0.39, 0.29) is 16.7 Å². The molecule has 1 atom stereocenters. The molecule has 1 aliphatic rings. The molecule has 127 valence electrons. The zero-order valence-electron chi connectivity index (χ0n) is 14.4. The van der Waals surface area contributed by atoms with Crippen LogP contribution in [0, 0.1) is 6.42 Å². The molecule has 1 rings (SSSR count). The van der Waals surface area contributed by atoms with Gasteiger partial charge in [0.05, 0.1) is 24.3 Å². The number of allylic oxidation sites excluding steroid dienone is 2. The molecule has 0 fully saturated rings. The monoisotopic (exact) mass is 348 g/mol. The van der Waals surface area contributed by atoms with Crippen molar-refractivity contribution in [3.63, 3.8) is 0 Å². The van der Waals surface area contributed by atoms with Crippen LogP contribution in [0.4, 0.5) is 4.39 Å². The summed E-state index contributed by atoms with van der Waals surface area (Å²) in [7, 11) is -1.94. The first-order valence-electron chi connectivity index (χ1n) is 7.65. The van der Waals surface area contributed by atoms with Crippen molar-refractivity contribution in [2.24, 2.45) is 5.73 Å². The van der Waals surface area contributed by atoms with Crippen molar-refractivity contribution >= 4 is 19.9 Å². The average molecular weight is 349 g/mol. The quantitative estimate of drug-likeness (QED) is 0.710. The van der Waals surface area contributed by atoms with Crippen LogP contribution in [-0.2, 0) is 9.16 Å². The molecule has 0 aromatic rings. The summed E-state index contributed by atoms with van der Waals surface area (Å²) in [6.45, 7) is 13.3. The molecule has 1 radical (unpaired) electrons. The number of ether oxygens (including phenoxy) is 1. The predicted octanol–water partition coefficient (Wildman–Crippen LogP) is 4.65. The third-order valence-electron chi connectivity index (χ3n) is 4.31. The number of rotatable bonds is 6. The van der Waals surface area contributed by atoms with Gasteiger partial charge in [-0.1, -0.05) is 32.4 Å². The van der Waals surface area contributed by atoms with Crippen molar-refractivity contribution in [1.29, 1.82) is 0 Å². The van der Waals surface area contributed by atoms with Gasteiger partial charge in [0.2, 0.25) is 0 Å². The van der Waals surface area contributed by atoms with Gasteiger partial charge in [-0.15, -0.1) is 0 Å². The molecule has 0 spiro atoms. The molecule has 0 aliphatic heterocycles. The Morgan fingerprint density at radius 3 is 2.50 bits per heavy atom. The highest BCUT2D eigenvalue weighted by Gasteiger charge is 2.38. The third kappa shape index (κ3) is 4.57. The number of hydrogen-bond acceptors (Lipinski definition) is 3. The van der Waals surface area contributed by atoms with E-state index in [9.17, 15) is 4.39 Å². The summed E-state index contributed by atoms with van der Waals surface area (Å²) in [5.41, 5.74) is 6.50. The Labute approximate surface area is 139 Å². The lowest BCUT2D eigenvalue weighted by atomic mass is 9.98. The summed E-state index contributed by atoms with van der Waals surface area (Å²) in [4.78, 5) is 0. The topological polar surface area (TPSA) is 44.5 Å². The van der Waals surface area contributed by atoms with Gasteiger partial charge in [-0.25, -0.2) is 4.39 Å². The lowest BCUT2D eigenvalue weighted by Gasteiger charge is -2.37. The van der Waals surface area contributed by atoms with Crippen molar-refractivity contribution in [3.8, 4) is 0 Å². The predicted molar refractivity (Wildman–Crippen MR) is 92.7 cm³/mol. The van der Waals surface area contributed by atoms with E-state index in [0.29, 0.717) is 24.4 Å². The van der Waals surface area contributed by atoms with Gasteiger partial charge in [0.15, 0.2) is 8.32 Å². The molecule has 0 aromatic carbocycles. The Bertz CT molecular complexity index is 465. The Hall–Kier alpha value is -0.363. The van der Waals surface area contributed by atoms with E-state index in [2.05, 4.69) is 33.9 Å². The first kappa shape index (κ1) is 19.7. The highest BCUT2D eigenvalue weighted by molar-refractivity contribution is 6.74. The van der Waals surface area contributed by atoms with Gasteiger partial charge >= 0.3 is 0 Å². The largest absolute Gasteiger partial charge is 0.497 e. The van der Waals surface area contributed by atoms with Crippen molar-refractivity contribution in [2.45, 2.75) is 58.3 Å². The summed E-state index contributed by atoms with van der Waals surface area (Å²) in [6.07, 6.45) is 2.11.